The van der Waals surface area contributed by atoms with Gasteiger partial charge in [-0.05, 0) is 49.8 Å². The minimum atomic E-state index is -0.355. The number of benzene rings is 1. The first-order valence-corrected chi connectivity index (χ1v) is 9.16. The molecule has 2 aliphatic rings. The predicted molar refractivity (Wildman–Crippen MR) is 92.9 cm³/mol. The maximum Gasteiger partial charge on any atom is 0.254 e. The summed E-state index contributed by atoms with van der Waals surface area (Å²) in [5.41, 5.74) is 2.62. The minimum Gasteiger partial charge on any atom is -0.375 e. The van der Waals surface area contributed by atoms with Gasteiger partial charge in [0, 0.05) is 25.3 Å². The number of halogens is 1. The smallest absolute Gasteiger partial charge is 0.254 e. The summed E-state index contributed by atoms with van der Waals surface area (Å²) in [4.78, 5) is 14.6. The van der Waals surface area contributed by atoms with Gasteiger partial charge >= 0.3 is 0 Å². The van der Waals surface area contributed by atoms with E-state index in [0.717, 1.165) is 31.0 Å². The summed E-state index contributed by atoms with van der Waals surface area (Å²) < 4.78 is 21.4. The van der Waals surface area contributed by atoms with Crippen molar-refractivity contribution in [3.05, 3.63) is 46.5 Å². The molecule has 1 amide bonds. The molecule has 0 atom stereocenters. The van der Waals surface area contributed by atoms with Gasteiger partial charge in [-0.25, -0.2) is 9.07 Å². The Hall–Kier alpha value is -2.28. The number of rotatable bonds is 5. The number of fused-ring (bicyclic) bond motifs is 1. The number of aryl methyl sites for hydroxylation is 2. The van der Waals surface area contributed by atoms with Crippen LogP contribution in [0.4, 0.5) is 4.39 Å². The van der Waals surface area contributed by atoms with Crippen LogP contribution in [0.5, 0.6) is 0 Å². The molecule has 7 heteroatoms. The molecule has 0 saturated heterocycles. The van der Waals surface area contributed by atoms with Gasteiger partial charge in [0.15, 0.2) is 0 Å². The fourth-order valence-electron chi connectivity index (χ4n) is 3.19. The highest BCUT2D eigenvalue weighted by Crippen LogP contribution is 2.29. The maximum atomic E-state index is 13.8. The van der Waals surface area contributed by atoms with Crippen molar-refractivity contribution in [2.75, 3.05) is 13.2 Å². The second kappa shape index (κ2) is 7.15. The summed E-state index contributed by atoms with van der Waals surface area (Å²) in [6, 6.07) is 4.64. The van der Waals surface area contributed by atoms with Gasteiger partial charge in [0.1, 0.15) is 11.5 Å². The summed E-state index contributed by atoms with van der Waals surface area (Å²) in [5.74, 6) is 0.175. The highest BCUT2D eigenvalue weighted by molar-refractivity contribution is 5.94. The fraction of sp³-hybridized carbons (Fsp3) is 0.526. The van der Waals surface area contributed by atoms with Crippen LogP contribution in [0.25, 0.3) is 0 Å². The van der Waals surface area contributed by atoms with E-state index in [0.29, 0.717) is 36.7 Å². The summed E-state index contributed by atoms with van der Waals surface area (Å²) in [6.07, 6.45) is 3.28. The van der Waals surface area contributed by atoms with E-state index < -0.39 is 0 Å². The molecule has 0 N–H and O–H groups in total. The van der Waals surface area contributed by atoms with E-state index in [1.807, 2.05) is 4.68 Å². The molecular formula is C19H23FN4O2. The van der Waals surface area contributed by atoms with Crippen LogP contribution in [0.3, 0.4) is 0 Å². The molecule has 1 saturated carbocycles. The predicted octanol–water partition coefficient (Wildman–Crippen LogP) is 2.70. The summed E-state index contributed by atoms with van der Waals surface area (Å²) in [5, 5.41) is 8.45. The summed E-state index contributed by atoms with van der Waals surface area (Å²) in [6.45, 7) is 4.62. The average molecular weight is 358 g/mol. The molecule has 0 bridgehead atoms. The van der Waals surface area contributed by atoms with Crippen molar-refractivity contribution in [3.63, 3.8) is 0 Å². The lowest BCUT2D eigenvalue weighted by Gasteiger charge is -2.20. The molecule has 2 heterocycles. The SMILES string of the molecule is Cc1ccc(C(=O)N2CCCn3nnc(COCC4CC4)c3C2)cc1F. The normalized spacial score (nSPS) is 17.1. The molecule has 4 rings (SSSR count). The van der Waals surface area contributed by atoms with Crippen molar-refractivity contribution in [1.29, 1.82) is 0 Å². The van der Waals surface area contributed by atoms with E-state index in [4.69, 9.17) is 4.74 Å². The number of nitrogens with zero attached hydrogens (tertiary/aromatic N) is 4. The van der Waals surface area contributed by atoms with Gasteiger partial charge in [-0.1, -0.05) is 11.3 Å². The maximum absolute atomic E-state index is 13.8. The molecule has 0 unspecified atom stereocenters. The number of ether oxygens (including phenoxy) is 1. The van der Waals surface area contributed by atoms with Crippen LogP contribution in [0.15, 0.2) is 18.2 Å². The number of amides is 1. The Labute approximate surface area is 151 Å². The third-order valence-corrected chi connectivity index (χ3v) is 5.05. The van der Waals surface area contributed by atoms with Crippen molar-refractivity contribution in [2.24, 2.45) is 5.92 Å². The Morgan fingerprint density at radius 3 is 2.96 bits per heavy atom. The molecule has 6 nitrogen and oxygen atoms in total. The van der Waals surface area contributed by atoms with Crippen LogP contribution in [0.2, 0.25) is 0 Å². The molecule has 138 valence electrons. The van der Waals surface area contributed by atoms with E-state index in [1.165, 1.54) is 18.9 Å². The first-order chi connectivity index (χ1) is 12.6. The average Bonchev–Trinajstić information content (AvgIpc) is 3.42. The molecule has 1 aliphatic heterocycles. The van der Waals surface area contributed by atoms with Crippen molar-refractivity contribution < 1.29 is 13.9 Å². The topological polar surface area (TPSA) is 60.2 Å². The summed E-state index contributed by atoms with van der Waals surface area (Å²) >= 11 is 0. The van der Waals surface area contributed by atoms with Crippen molar-refractivity contribution in [3.8, 4) is 0 Å². The number of hydrogen-bond acceptors (Lipinski definition) is 4. The van der Waals surface area contributed by atoms with Gasteiger partial charge in [0.05, 0.1) is 18.8 Å². The second-order valence-corrected chi connectivity index (χ2v) is 7.21. The monoisotopic (exact) mass is 358 g/mol. The Morgan fingerprint density at radius 1 is 1.35 bits per heavy atom. The Morgan fingerprint density at radius 2 is 2.19 bits per heavy atom. The highest BCUT2D eigenvalue weighted by atomic mass is 19.1. The lowest BCUT2D eigenvalue weighted by molar-refractivity contribution is 0.0741. The van der Waals surface area contributed by atoms with Crippen LogP contribution in [0.1, 0.15) is 46.6 Å². The minimum absolute atomic E-state index is 0.164. The van der Waals surface area contributed by atoms with Crippen LogP contribution in [-0.4, -0.2) is 39.0 Å². The van der Waals surface area contributed by atoms with Gasteiger partial charge in [0.25, 0.3) is 5.91 Å². The lowest BCUT2D eigenvalue weighted by atomic mass is 10.1. The highest BCUT2D eigenvalue weighted by Gasteiger charge is 2.25. The molecule has 2 aromatic rings. The standard InChI is InChI=1S/C19H23FN4O2/c1-13-3-6-15(9-16(13)20)19(25)23-7-2-8-24-18(10-23)17(21-22-24)12-26-11-14-4-5-14/h3,6,9,14H,2,4-5,7-8,10-12H2,1H3. The van der Waals surface area contributed by atoms with E-state index in [9.17, 15) is 9.18 Å². The first kappa shape index (κ1) is 17.1. The second-order valence-electron chi connectivity index (χ2n) is 7.21. The molecule has 1 aliphatic carbocycles. The molecule has 0 spiro atoms. The third-order valence-electron chi connectivity index (χ3n) is 5.05. The van der Waals surface area contributed by atoms with Gasteiger partial charge < -0.3 is 9.64 Å². The zero-order valence-corrected chi connectivity index (χ0v) is 14.9. The fourth-order valence-corrected chi connectivity index (χ4v) is 3.19. The molecule has 1 aromatic carbocycles. The van der Waals surface area contributed by atoms with Crippen LogP contribution >= 0.6 is 0 Å². The van der Waals surface area contributed by atoms with Crippen LogP contribution in [0, 0.1) is 18.7 Å². The lowest BCUT2D eigenvalue weighted by Crippen LogP contribution is -2.31. The number of carbonyl (C=O) groups excluding carboxylic acids is 1. The van der Waals surface area contributed by atoms with Crippen molar-refractivity contribution >= 4 is 5.91 Å². The van der Waals surface area contributed by atoms with Crippen molar-refractivity contribution in [2.45, 2.75) is 45.9 Å². The Kier molecular flexibility index (Phi) is 4.72. The molecule has 26 heavy (non-hydrogen) atoms. The van der Waals surface area contributed by atoms with Crippen LogP contribution < -0.4 is 0 Å². The zero-order valence-electron chi connectivity index (χ0n) is 14.9. The first-order valence-electron chi connectivity index (χ1n) is 9.16. The van der Waals surface area contributed by atoms with Gasteiger partial charge in [-0.2, -0.15) is 0 Å². The molecular weight excluding hydrogens is 335 g/mol. The summed E-state index contributed by atoms with van der Waals surface area (Å²) in [7, 11) is 0. The zero-order chi connectivity index (χ0) is 18.1. The van der Waals surface area contributed by atoms with Crippen LogP contribution in [-0.2, 0) is 24.4 Å². The Balaban J connectivity index is 1.49. The number of carbonyl (C=O) groups is 1. The van der Waals surface area contributed by atoms with Gasteiger partial charge in [0.2, 0.25) is 0 Å². The quantitative estimate of drug-likeness (QED) is 0.825. The molecule has 1 aromatic heterocycles. The molecule has 1 fully saturated rings. The van der Waals surface area contributed by atoms with E-state index in [-0.39, 0.29) is 11.7 Å². The number of hydrogen-bond donors (Lipinski definition) is 0. The van der Waals surface area contributed by atoms with Gasteiger partial charge in [-0.15, -0.1) is 5.10 Å². The number of aromatic nitrogens is 3. The van der Waals surface area contributed by atoms with E-state index in [1.54, 1.807) is 24.0 Å². The van der Waals surface area contributed by atoms with E-state index >= 15 is 0 Å². The molecule has 0 radical (unpaired) electrons. The van der Waals surface area contributed by atoms with Crippen molar-refractivity contribution in [1.82, 2.24) is 19.9 Å². The van der Waals surface area contributed by atoms with E-state index in [2.05, 4.69) is 10.3 Å². The van der Waals surface area contributed by atoms with Gasteiger partial charge in [-0.3, -0.25) is 4.79 Å². The largest absolute Gasteiger partial charge is 0.375 e. The third kappa shape index (κ3) is 3.62. The Bertz CT molecular complexity index is 816.